The fourth-order valence-electron chi connectivity index (χ4n) is 6.82. The molecule has 1 aliphatic heterocycles. The molecule has 4 rings (SSSR count). The maximum Gasteiger partial charge on any atom is 0.317 e. The van der Waals surface area contributed by atoms with Gasteiger partial charge >= 0.3 is 6.03 Å². The van der Waals surface area contributed by atoms with Crippen LogP contribution >= 0.6 is 0 Å². The highest BCUT2D eigenvalue weighted by Gasteiger charge is 2.69. The molecule has 1 saturated heterocycles. The van der Waals surface area contributed by atoms with Crippen LogP contribution in [0.5, 0.6) is 0 Å². The number of carbonyl (C=O) groups excluding carboxylic acids is 5. The zero-order valence-electron chi connectivity index (χ0n) is 22.6. The third-order valence-corrected chi connectivity index (χ3v) is 9.50. The summed E-state index contributed by atoms with van der Waals surface area (Å²) in [6.45, 7) is 4.63. The van der Waals surface area contributed by atoms with Crippen molar-refractivity contribution in [1.82, 2.24) is 20.4 Å². The highest BCUT2D eigenvalue weighted by Crippen LogP contribution is 2.65. The highest BCUT2D eigenvalue weighted by molar-refractivity contribution is 6.37. The number of hydrogen-bond donors (Lipinski definition) is 3. The highest BCUT2D eigenvalue weighted by atomic mass is 16.2. The minimum absolute atomic E-state index is 0.0154. The molecule has 0 aromatic rings. The average molecular weight is 518 g/mol. The molecule has 4 fully saturated rings. The van der Waals surface area contributed by atoms with Crippen LogP contribution in [0.3, 0.4) is 0 Å². The lowest BCUT2D eigenvalue weighted by Gasteiger charge is -2.37. The number of urea groups is 1. The van der Waals surface area contributed by atoms with Crippen LogP contribution in [0.1, 0.15) is 71.6 Å². The van der Waals surface area contributed by atoms with E-state index in [9.17, 15) is 24.0 Å². The first-order chi connectivity index (χ1) is 17.4. The summed E-state index contributed by atoms with van der Waals surface area (Å²) in [5.41, 5.74) is 5.19. The standard InChI is InChI=1S/C27H43N5O5/c1-27(2)17-14-32(25(36)20(30-26(37)31(3)4)16-11-6-5-7-12-16)21(19(17)27)24(35)29-18(22(33)23(28)34)13-15-9-8-10-15/h15-21H,5-14H2,1-4H3,(H2,28,34)(H,29,35)(H,30,37)/t17-,18?,19-,20+,21+/m1/s1. The van der Waals surface area contributed by atoms with Gasteiger partial charge in [-0.3, -0.25) is 19.2 Å². The van der Waals surface area contributed by atoms with Gasteiger partial charge in [0, 0.05) is 20.6 Å². The molecule has 0 bridgehead atoms. The fraction of sp³-hybridized carbons (Fsp3) is 0.815. The quantitative estimate of drug-likeness (QED) is 0.397. The first-order valence-corrected chi connectivity index (χ1v) is 13.9. The van der Waals surface area contributed by atoms with Crippen molar-refractivity contribution in [3.05, 3.63) is 0 Å². The molecule has 0 radical (unpaired) electrons. The predicted molar refractivity (Wildman–Crippen MR) is 137 cm³/mol. The van der Waals surface area contributed by atoms with Crippen LogP contribution in [0.2, 0.25) is 0 Å². The second-order valence-electron chi connectivity index (χ2n) is 12.4. The maximum atomic E-state index is 14.0. The molecule has 0 aromatic carbocycles. The number of nitrogens with two attached hydrogens (primary N) is 1. The normalized spacial score (nSPS) is 28.3. The van der Waals surface area contributed by atoms with E-state index in [-0.39, 0.29) is 41.0 Å². The number of likely N-dealkylation sites (tertiary alicyclic amines) is 1. The molecule has 3 saturated carbocycles. The Hall–Kier alpha value is -2.65. The van der Waals surface area contributed by atoms with Crippen LogP contribution in [-0.4, -0.2) is 78.1 Å². The van der Waals surface area contributed by atoms with Crippen molar-refractivity contribution in [3.63, 3.8) is 0 Å². The lowest BCUT2D eigenvalue weighted by Crippen LogP contribution is -2.60. The van der Waals surface area contributed by atoms with Crippen LogP contribution in [0.4, 0.5) is 4.79 Å². The van der Waals surface area contributed by atoms with Gasteiger partial charge in [0.25, 0.3) is 5.91 Å². The second-order valence-corrected chi connectivity index (χ2v) is 12.4. The van der Waals surface area contributed by atoms with Crippen LogP contribution < -0.4 is 16.4 Å². The van der Waals surface area contributed by atoms with Crippen molar-refractivity contribution in [2.24, 2.45) is 34.8 Å². The summed E-state index contributed by atoms with van der Waals surface area (Å²) >= 11 is 0. The average Bonchev–Trinajstić information content (AvgIpc) is 3.16. The van der Waals surface area contributed by atoms with E-state index >= 15 is 0 Å². The Labute approximate surface area is 219 Å². The maximum absolute atomic E-state index is 14.0. The predicted octanol–water partition coefficient (Wildman–Crippen LogP) is 1.42. The van der Waals surface area contributed by atoms with Gasteiger partial charge in [-0.05, 0) is 48.3 Å². The van der Waals surface area contributed by atoms with E-state index in [0.717, 1.165) is 51.4 Å². The SMILES string of the molecule is CN(C)C(=O)N[C@H](C(=O)N1C[C@@H]2[C@H]([C@H]1C(=O)NC(CC1CCC1)C(=O)C(N)=O)C2(C)C)C1CCCCC1. The Kier molecular flexibility index (Phi) is 7.85. The molecule has 5 amide bonds. The van der Waals surface area contributed by atoms with E-state index in [0.29, 0.717) is 13.0 Å². The zero-order chi connectivity index (χ0) is 27.1. The minimum atomic E-state index is -1.06. The summed E-state index contributed by atoms with van der Waals surface area (Å²) in [5.74, 6) is -2.08. The second kappa shape index (κ2) is 10.6. The van der Waals surface area contributed by atoms with E-state index in [1.54, 1.807) is 19.0 Å². The first-order valence-electron chi connectivity index (χ1n) is 13.9. The molecule has 0 spiro atoms. The summed E-state index contributed by atoms with van der Waals surface area (Å²) in [4.78, 5) is 67.7. The minimum Gasteiger partial charge on any atom is -0.363 e. The molecule has 5 atom stereocenters. The van der Waals surface area contributed by atoms with Gasteiger partial charge in [-0.1, -0.05) is 52.4 Å². The van der Waals surface area contributed by atoms with Crippen LogP contribution in [-0.2, 0) is 19.2 Å². The number of Topliss-reactive ketones (excluding diaryl/α,β-unsaturated/α-hetero) is 1. The molecular formula is C27H43N5O5. The topological polar surface area (TPSA) is 142 Å². The van der Waals surface area contributed by atoms with Gasteiger partial charge in [-0.15, -0.1) is 0 Å². The summed E-state index contributed by atoms with van der Waals surface area (Å²) in [5, 5.41) is 5.75. The Bertz CT molecular complexity index is 939. The van der Waals surface area contributed by atoms with Crippen molar-refractivity contribution < 1.29 is 24.0 Å². The molecule has 1 heterocycles. The number of rotatable bonds is 9. The largest absolute Gasteiger partial charge is 0.363 e. The smallest absolute Gasteiger partial charge is 0.317 e. The van der Waals surface area contributed by atoms with Gasteiger partial charge in [-0.25, -0.2) is 4.79 Å². The van der Waals surface area contributed by atoms with Gasteiger partial charge in [0.15, 0.2) is 0 Å². The first kappa shape index (κ1) is 27.4. The molecule has 10 nitrogen and oxygen atoms in total. The van der Waals surface area contributed by atoms with Gasteiger partial charge in [0.1, 0.15) is 12.1 Å². The Balaban J connectivity index is 1.56. The molecule has 4 N–H and O–H groups in total. The molecule has 10 heteroatoms. The van der Waals surface area contributed by atoms with E-state index < -0.39 is 35.7 Å². The van der Waals surface area contributed by atoms with Crippen molar-refractivity contribution in [2.75, 3.05) is 20.6 Å². The lowest BCUT2D eigenvalue weighted by molar-refractivity contribution is -0.144. The number of nitrogens with zero attached hydrogens (tertiary/aromatic N) is 2. The van der Waals surface area contributed by atoms with Crippen molar-refractivity contribution >= 4 is 29.5 Å². The number of ketones is 1. The van der Waals surface area contributed by atoms with E-state index in [2.05, 4.69) is 24.5 Å². The molecule has 206 valence electrons. The Morgan fingerprint density at radius 1 is 0.973 bits per heavy atom. The number of hydrogen-bond acceptors (Lipinski definition) is 5. The van der Waals surface area contributed by atoms with E-state index in [1.165, 1.54) is 4.90 Å². The van der Waals surface area contributed by atoms with Gasteiger partial charge in [0.05, 0.1) is 6.04 Å². The van der Waals surface area contributed by atoms with Crippen molar-refractivity contribution in [2.45, 2.75) is 89.8 Å². The molecule has 1 unspecified atom stereocenters. The third kappa shape index (κ3) is 5.48. The summed E-state index contributed by atoms with van der Waals surface area (Å²) < 4.78 is 0. The molecule has 3 aliphatic carbocycles. The molecule has 4 aliphatic rings. The number of nitrogens with one attached hydrogen (secondary N) is 2. The monoisotopic (exact) mass is 517 g/mol. The van der Waals surface area contributed by atoms with E-state index in [4.69, 9.17) is 5.73 Å². The van der Waals surface area contributed by atoms with E-state index in [1.807, 2.05) is 0 Å². The van der Waals surface area contributed by atoms with Gasteiger partial charge in [0.2, 0.25) is 17.6 Å². The summed E-state index contributed by atoms with van der Waals surface area (Å²) in [6.07, 6.45) is 8.20. The van der Waals surface area contributed by atoms with Crippen molar-refractivity contribution in [1.29, 1.82) is 0 Å². The van der Waals surface area contributed by atoms with Crippen LogP contribution in [0, 0.1) is 29.1 Å². The van der Waals surface area contributed by atoms with Gasteiger partial charge < -0.3 is 26.2 Å². The number of carbonyl (C=O) groups is 5. The molecule has 37 heavy (non-hydrogen) atoms. The number of primary amides is 1. The van der Waals surface area contributed by atoms with Crippen molar-refractivity contribution in [3.8, 4) is 0 Å². The summed E-state index contributed by atoms with van der Waals surface area (Å²) in [7, 11) is 3.28. The number of amides is 5. The summed E-state index contributed by atoms with van der Waals surface area (Å²) in [6, 6.07) is -2.76. The van der Waals surface area contributed by atoms with Crippen LogP contribution in [0.15, 0.2) is 0 Å². The Morgan fingerprint density at radius 3 is 2.16 bits per heavy atom. The fourth-order valence-corrected chi connectivity index (χ4v) is 6.82. The number of piperidine rings is 1. The number of fused-ring (bicyclic) bond motifs is 1. The molecular weight excluding hydrogens is 474 g/mol. The van der Waals surface area contributed by atoms with Crippen LogP contribution in [0.25, 0.3) is 0 Å². The van der Waals surface area contributed by atoms with Gasteiger partial charge in [-0.2, -0.15) is 0 Å². The molecule has 0 aromatic heterocycles. The lowest BCUT2D eigenvalue weighted by atomic mass is 9.80. The third-order valence-electron chi connectivity index (χ3n) is 9.50. The Morgan fingerprint density at radius 2 is 1.62 bits per heavy atom. The zero-order valence-corrected chi connectivity index (χ0v) is 22.6.